The molecule has 0 aromatic heterocycles. The summed E-state index contributed by atoms with van der Waals surface area (Å²) >= 11 is 4.76. The van der Waals surface area contributed by atoms with Gasteiger partial charge in [-0.25, -0.2) is 9.59 Å². The highest BCUT2D eigenvalue weighted by Crippen LogP contribution is 2.53. The van der Waals surface area contributed by atoms with E-state index in [1.54, 1.807) is 38.5 Å². The van der Waals surface area contributed by atoms with Crippen molar-refractivity contribution in [3.63, 3.8) is 0 Å². The lowest BCUT2D eigenvalue weighted by molar-refractivity contribution is -0.134. The Morgan fingerprint density at radius 2 is 1.00 bits per heavy atom. The molecule has 4 nitrogen and oxygen atoms in total. The van der Waals surface area contributed by atoms with E-state index < -0.39 is 11.9 Å². The predicted octanol–water partition coefficient (Wildman–Crippen LogP) is 3.91. The first-order valence-electron chi connectivity index (χ1n) is 7.29. The molecule has 0 aromatic rings. The zero-order valence-electron chi connectivity index (χ0n) is 12.1. The van der Waals surface area contributed by atoms with Crippen molar-refractivity contribution in [2.24, 2.45) is 23.7 Å². The standard InChI is InChI=1S/C10H16.C4H4O4.C2H3Cl/c1-7-2-9-4-8(1)5-10(3-7)6-9;5-3(6)1-2-4(7)8;1-2-3/h7-10H,1-6H2;1-2H,(H,5,6)(H,7,8);2H,1H2/b;2-1+;. The lowest BCUT2D eigenvalue weighted by Gasteiger charge is -2.49. The van der Waals surface area contributed by atoms with Gasteiger partial charge in [0.2, 0.25) is 0 Å². The molecule has 4 aliphatic rings. The van der Waals surface area contributed by atoms with Crippen LogP contribution < -0.4 is 0 Å². The van der Waals surface area contributed by atoms with E-state index in [-0.39, 0.29) is 0 Å². The maximum atomic E-state index is 9.55. The molecule has 4 saturated carbocycles. The Morgan fingerprint density at radius 1 is 0.810 bits per heavy atom. The normalized spacial score (nSPS) is 31.7. The van der Waals surface area contributed by atoms with Gasteiger partial charge in [0, 0.05) is 12.2 Å². The molecule has 0 spiro atoms. The molecule has 4 fully saturated rings. The highest BCUT2D eigenvalue weighted by atomic mass is 35.5. The van der Waals surface area contributed by atoms with Gasteiger partial charge in [-0.3, -0.25) is 0 Å². The summed E-state index contributed by atoms with van der Waals surface area (Å²) in [4.78, 5) is 19.1. The highest BCUT2D eigenvalue weighted by molar-refractivity contribution is 6.25. The van der Waals surface area contributed by atoms with Crippen molar-refractivity contribution >= 4 is 23.5 Å². The van der Waals surface area contributed by atoms with E-state index in [2.05, 4.69) is 6.58 Å². The van der Waals surface area contributed by atoms with Crippen LogP contribution in [0.2, 0.25) is 0 Å². The Hall–Kier alpha value is -1.29. The fraction of sp³-hybridized carbons (Fsp3) is 0.625. The van der Waals surface area contributed by atoms with E-state index in [1.807, 2.05) is 0 Å². The molecular formula is C16H23ClO4. The van der Waals surface area contributed by atoms with Crippen molar-refractivity contribution in [3.05, 3.63) is 24.3 Å². The van der Waals surface area contributed by atoms with E-state index in [0.29, 0.717) is 12.2 Å². The third-order valence-electron chi connectivity index (χ3n) is 4.37. The molecule has 4 rings (SSSR count). The van der Waals surface area contributed by atoms with Crippen LogP contribution in [0.3, 0.4) is 0 Å². The summed E-state index contributed by atoms with van der Waals surface area (Å²) in [5, 5.41) is 15.6. The van der Waals surface area contributed by atoms with Gasteiger partial charge in [-0.05, 0) is 67.7 Å². The molecule has 4 aliphatic carbocycles. The minimum atomic E-state index is -1.26. The molecule has 0 heterocycles. The van der Waals surface area contributed by atoms with Crippen LogP contribution in [-0.2, 0) is 9.59 Å². The molecule has 4 bridgehead atoms. The molecule has 0 amide bonds. The number of hydrogen-bond acceptors (Lipinski definition) is 2. The third kappa shape index (κ3) is 6.80. The number of carboxylic acid groups (broad SMARTS) is 2. The second kappa shape index (κ2) is 8.88. The van der Waals surface area contributed by atoms with Gasteiger partial charge in [-0.15, -0.1) is 0 Å². The summed E-state index contributed by atoms with van der Waals surface area (Å²) in [7, 11) is 0. The van der Waals surface area contributed by atoms with Crippen LogP contribution in [-0.4, -0.2) is 22.2 Å². The van der Waals surface area contributed by atoms with Crippen LogP contribution in [0, 0.1) is 23.7 Å². The first-order chi connectivity index (χ1) is 9.94. The first kappa shape index (κ1) is 17.8. The molecule has 0 atom stereocenters. The van der Waals surface area contributed by atoms with Crippen molar-refractivity contribution < 1.29 is 19.8 Å². The molecule has 0 aromatic carbocycles. The van der Waals surface area contributed by atoms with Crippen LogP contribution >= 0.6 is 11.6 Å². The fourth-order valence-corrected chi connectivity index (χ4v) is 4.13. The molecule has 0 radical (unpaired) electrons. The molecule has 21 heavy (non-hydrogen) atoms. The maximum Gasteiger partial charge on any atom is 0.328 e. The predicted molar refractivity (Wildman–Crippen MR) is 82.1 cm³/mol. The van der Waals surface area contributed by atoms with E-state index in [9.17, 15) is 9.59 Å². The lowest BCUT2D eigenvalue weighted by atomic mass is 9.56. The van der Waals surface area contributed by atoms with Crippen molar-refractivity contribution in [2.45, 2.75) is 38.5 Å². The minimum Gasteiger partial charge on any atom is -0.478 e. The Morgan fingerprint density at radius 3 is 1.14 bits per heavy atom. The average Bonchev–Trinajstić information content (AvgIpc) is 2.36. The summed E-state index contributed by atoms with van der Waals surface area (Å²) in [6.45, 7) is 3.13. The average molecular weight is 315 g/mol. The molecule has 0 unspecified atom stereocenters. The van der Waals surface area contributed by atoms with Gasteiger partial charge < -0.3 is 10.2 Å². The van der Waals surface area contributed by atoms with Gasteiger partial charge in [-0.1, -0.05) is 18.2 Å². The Bertz CT molecular complexity index is 331. The summed E-state index contributed by atoms with van der Waals surface area (Å²) in [6, 6.07) is 0. The van der Waals surface area contributed by atoms with E-state index >= 15 is 0 Å². The van der Waals surface area contributed by atoms with E-state index in [4.69, 9.17) is 21.8 Å². The van der Waals surface area contributed by atoms with Gasteiger partial charge in [-0.2, -0.15) is 0 Å². The van der Waals surface area contributed by atoms with E-state index in [1.165, 1.54) is 29.2 Å². The Balaban J connectivity index is 0.000000183. The summed E-state index contributed by atoms with van der Waals surface area (Å²) < 4.78 is 0. The number of aliphatic carboxylic acids is 2. The molecule has 2 N–H and O–H groups in total. The van der Waals surface area contributed by atoms with Gasteiger partial charge in [0.05, 0.1) is 0 Å². The largest absolute Gasteiger partial charge is 0.478 e. The smallest absolute Gasteiger partial charge is 0.328 e. The SMILES string of the molecule is C1C2CC3CC1CC(C2)C3.C=CCl.O=C(O)/C=C/C(=O)O. The van der Waals surface area contributed by atoms with Gasteiger partial charge >= 0.3 is 11.9 Å². The number of halogens is 1. The van der Waals surface area contributed by atoms with Gasteiger partial charge in [0.25, 0.3) is 0 Å². The lowest BCUT2D eigenvalue weighted by Crippen LogP contribution is -2.38. The van der Waals surface area contributed by atoms with Crippen molar-refractivity contribution in [2.75, 3.05) is 0 Å². The molecule has 0 saturated heterocycles. The van der Waals surface area contributed by atoms with Crippen LogP contribution in [0.4, 0.5) is 0 Å². The molecule has 0 aliphatic heterocycles. The van der Waals surface area contributed by atoms with Gasteiger partial charge in [0.1, 0.15) is 0 Å². The molecule has 118 valence electrons. The fourth-order valence-electron chi connectivity index (χ4n) is 4.13. The quantitative estimate of drug-likeness (QED) is 0.758. The minimum absolute atomic E-state index is 0.558. The van der Waals surface area contributed by atoms with E-state index in [0.717, 1.165) is 0 Å². The number of hydrogen-bond donors (Lipinski definition) is 2. The Kier molecular flexibility index (Phi) is 7.51. The number of carbonyl (C=O) groups is 2. The van der Waals surface area contributed by atoms with Crippen LogP contribution in [0.25, 0.3) is 0 Å². The second-order valence-electron chi connectivity index (χ2n) is 6.04. The third-order valence-corrected chi connectivity index (χ3v) is 4.37. The van der Waals surface area contributed by atoms with Crippen LogP contribution in [0.5, 0.6) is 0 Å². The second-order valence-corrected chi connectivity index (χ2v) is 6.35. The van der Waals surface area contributed by atoms with Crippen LogP contribution in [0.1, 0.15) is 38.5 Å². The monoisotopic (exact) mass is 314 g/mol. The first-order valence-corrected chi connectivity index (χ1v) is 7.73. The van der Waals surface area contributed by atoms with Crippen molar-refractivity contribution in [1.29, 1.82) is 0 Å². The molecular weight excluding hydrogens is 292 g/mol. The summed E-state index contributed by atoms with van der Waals surface area (Å²) in [5.41, 5.74) is 1.22. The highest BCUT2D eigenvalue weighted by Gasteiger charge is 2.41. The summed E-state index contributed by atoms with van der Waals surface area (Å²) in [6.07, 6.45) is 10.7. The number of carboxylic acids is 2. The van der Waals surface area contributed by atoms with Crippen molar-refractivity contribution in [1.82, 2.24) is 0 Å². The number of rotatable bonds is 2. The van der Waals surface area contributed by atoms with Crippen LogP contribution in [0.15, 0.2) is 24.3 Å². The zero-order chi connectivity index (χ0) is 15.8. The summed E-state index contributed by atoms with van der Waals surface area (Å²) in [5.74, 6) is 2.19. The molecule has 5 heteroatoms. The van der Waals surface area contributed by atoms with Gasteiger partial charge in [0.15, 0.2) is 0 Å². The zero-order valence-corrected chi connectivity index (χ0v) is 12.8. The topological polar surface area (TPSA) is 74.6 Å². The maximum absolute atomic E-state index is 9.55. The van der Waals surface area contributed by atoms with Crippen molar-refractivity contribution in [3.8, 4) is 0 Å². The Labute approximate surface area is 130 Å².